The number of hydrogen-bond acceptors (Lipinski definition) is 12. The second-order valence-corrected chi connectivity index (χ2v) is 7.97. The Morgan fingerprint density at radius 1 is 0.889 bits per heavy atom. The largest absolute Gasteiger partial charge is 0.508 e. The number of phenols is 1. The number of rotatable bonds is 7. The number of fused-ring (bicyclic) bond motifs is 1. The van der Waals surface area contributed by atoms with E-state index in [-0.39, 0.29) is 39.7 Å². The summed E-state index contributed by atoms with van der Waals surface area (Å²) in [6, 6.07) is 7.10. The molecule has 1 fully saturated rings. The molecule has 0 saturated carbocycles. The van der Waals surface area contributed by atoms with Crippen molar-refractivity contribution in [3.8, 4) is 40.1 Å². The molecule has 5 atom stereocenters. The van der Waals surface area contributed by atoms with Crippen molar-refractivity contribution in [2.45, 2.75) is 30.7 Å². The van der Waals surface area contributed by atoms with E-state index in [0.717, 1.165) is 0 Å². The molecular weight excluding hydrogens is 480 g/mol. The molecule has 1 aliphatic rings. The Labute approximate surface area is 204 Å². The summed E-state index contributed by atoms with van der Waals surface area (Å²) in [5, 5.41) is 49.8. The van der Waals surface area contributed by atoms with Gasteiger partial charge in [0.05, 0.1) is 27.9 Å². The van der Waals surface area contributed by atoms with E-state index in [1.165, 1.54) is 51.7 Å². The molecule has 3 aromatic rings. The highest BCUT2D eigenvalue weighted by Gasteiger charge is 2.45. The van der Waals surface area contributed by atoms with Gasteiger partial charge in [-0.1, -0.05) is 0 Å². The molecule has 0 amide bonds. The third kappa shape index (κ3) is 4.29. The summed E-state index contributed by atoms with van der Waals surface area (Å²) in [4.78, 5) is 13.8. The molecular formula is C24H26O12. The highest BCUT2D eigenvalue weighted by molar-refractivity contribution is 5.91. The van der Waals surface area contributed by atoms with Gasteiger partial charge in [-0.25, -0.2) is 0 Å². The third-order valence-electron chi connectivity index (χ3n) is 5.86. The zero-order chi connectivity index (χ0) is 26.1. The fourth-order valence-electron chi connectivity index (χ4n) is 3.99. The first-order valence-electron chi connectivity index (χ1n) is 10.8. The number of aromatic hydroxyl groups is 1. The Hall–Kier alpha value is -3.55. The van der Waals surface area contributed by atoms with E-state index in [9.17, 15) is 30.3 Å². The van der Waals surface area contributed by atoms with Crippen LogP contribution < -0.4 is 24.4 Å². The van der Waals surface area contributed by atoms with Crippen LogP contribution in [0.3, 0.4) is 0 Å². The third-order valence-corrected chi connectivity index (χ3v) is 5.86. The van der Waals surface area contributed by atoms with Crippen molar-refractivity contribution in [2.24, 2.45) is 0 Å². The lowest BCUT2D eigenvalue weighted by Crippen LogP contribution is -2.60. The highest BCUT2D eigenvalue weighted by atomic mass is 16.7. The molecule has 4 rings (SSSR count). The van der Waals surface area contributed by atoms with E-state index < -0.39 is 48.5 Å². The van der Waals surface area contributed by atoms with Gasteiger partial charge < -0.3 is 53.6 Å². The fourth-order valence-corrected chi connectivity index (χ4v) is 3.99. The second kappa shape index (κ2) is 10.2. The van der Waals surface area contributed by atoms with Gasteiger partial charge in [0, 0.05) is 11.6 Å². The first kappa shape index (κ1) is 25.5. The minimum atomic E-state index is -1.78. The molecule has 36 heavy (non-hydrogen) atoms. The molecule has 2 unspecified atom stereocenters. The number of aliphatic hydroxyl groups excluding tert-OH is 4. The predicted molar refractivity (Wildman–Crippen MR) is 124 cm³/mol. The zero-order valence-electron chi connectivity index (χ0n) is 19.6. The van der Waals surface area contributed by atoms with Crippen molar-refractivity contribution in [1.82, 2.24) is 0 Å². The van der Waals surface area contributed by atoms with Gasteiger partial charge in [0.25, 0.3) is 0 Å². The quantitative estimate of drug-likeness (QED) is 0.298. The van der Waals surface area contributed by atoms with Crippen LogP contribution in [0.5, 0.6) is 28.7 Å². The minimum Gasteiger partial charge on any atom is -0.508 e. The Kier molecular flexibility index (Phi) is 7.24. The molecule has 194 valence electrons. The van der Waals surface area contributed by atoms with Crippen LogP contribution >= 0.6 is 0 Å². The van der Waals surface area contributed by atoms with Crippen molar-refractivity contribution in [1.29, 1.82) is 0 Å². The van der Waals surface area contributed by atoms with Crippen LogP contribution in [-0.4, -0.2) is 84.2 Å². The van der Waals surface area contributed by atoms with E-state index in [2.05, 4.69) is 0 Å². The fraction of sp³-hybridized carbons (Fsp3) is 0.375. The molecule has 0 aliphatic carbocycles. The predicted octanol–water partition coefficient (Wildman–Crippen LogP) is 0.370. The standard InChI is InChI=1S/C24H26O12/c1-31-13-8-12-15(22(33-3)21(13)32-2)17(28)23(20(34-12)10-4-6-11(26)7-5-10)36-24-19(30)18(29)16(27)14(9-25)35-24/h4-8,14,16,18-19,24-27,29-30H,9H2,1-3H3/t14-,16-,18?,19?,24+/m1/s1. The van der Waals surface area contributed by atoms with Crippen LogP contribution in [-0.2, 0) is 4.74 Å². The van der Waals surface area contributed by atoms with Gasteiger partial charge in [-0.05, 0) is 24.3 Å². The van der Waals surface area contributed by atoms with Crippen molar-refractivity contribution in [3.05, 3.63) is 40.6 Å². The molecule has 1 aromatic heterocycles. The maximum absolute atomic E-state index is 13.8. The van der Waals surface area contributed by atoms with Crippen molar-refractivity contribution in [2.75, 3.05) is 27.9 Å². The Bertz CT molecular complexity index is 1280. The lowest BCUT2D eigenvalue weighted by molar-refractivity contribution is -0.277. The molecule has 5 N–H and O–H groups in total. The number of ether oxygens (including phenoxy) is 5. The van der Waals surface area contributed by atoms with Gasteiger partial charge >= 0.3 is 0 Å². The zero-order valence-corrected chi connectivity index (χ0v) is 19.6. The molecule has 2 aromatic carbocycles. The Morgan fingerprint density at radius 2 is 1.56 bits per heavy atom. The van der Waals surface area contributed by atoms with Gasteiger partial charge in [-0.3, -0.25) is 4.79 Å². The van der Waals surface area contributed by atoms with Gasteiger partial charge in [-0.15, -0.1) is 0 Å². The van der Waals surface area contributed by atoms with E-state index in [1.807, 2.05) is 0 Å². The maximum Gasteiger partial charge on any atom is 0.239 e. The van der Waals surface area contributed by atoms with Crippen LogP contribution in [0.2, 0.25) is 0 Å². The number of hydrogen-bond donors (Lipinski definition) is 5. The SMILES string of the molecule is COc1cc2oc(-c3ccc(O)cc3)c(O[C@@H]3O[C@H](CO)[C@@H](O)C(O)C3O)c(=O)c2c(OC)c1OC. The molecule has 12 nitrogen and oxygen atoms in total. The molecule has 0 radical (unpaired) electrons. The Balaban J connectivity index is 1.97. The number of phenolic OH excluding ortho intramolecular Hbond substituents is 1. The van der Waals surface area contributed by atoms with E-state index in [4.69, 9.17) is 28.1 Å². The molecule has 0 bridgehead atoms. The monoisotopic (exact) mass is 506 g/mol. The molecule has 0 spiro atoms. The van der Waals surface area contributed by atoms with Crippen LogP contribution in [0, 0.1) is 0 Å². The summed E-state index contributed by atoms with van der Waals surface area (Å²) in [7, 11) is 4.09. The number of benzene rings is 2. The first-order valence-corrected chi connectivity index (χ1v) is 10.8. The highest BCUT2D eigenvalue weighted by Crippen LogP contribution is 2.44. The molecule has 1 aliphatic heterocycles. The summed E-state index contributed by atoms with van der Waals surface area (Å²) < 4.78 is 33.3. The summed E-state index contributed by atoms with van der Waals surface area (Å²) >= 11 is 0. The lowest BCUT2D eigenvalue weighted by Gasteiger charge is -2.39. The average molecular weight is 506 g/mol. The van der Waals surface area contributed by atoms with Gasteiger partial charge in [-0.2, -0.15) is 0 Å². The van der Waals surface area contributed by atoms with Crippen molar-refractivity contribution < 1.29 is 53.6 Å². The lowest BCUT2D eigenvalue weighted by atomic mass is 9.99. The summed E-state index contributed by atoms with van der Waals surface area (Å²) in [6.45, 7) is -0.688. The number of methoxy groups -OCH3 is 3. The Morgan fingerprint density at radius 3 is 2.14 bits per heavy atom. The molecule has 2 heterocycles. The van der Waals surface area contributed by atoms with Gasteiger partial charge in [0.1, 0.15) is 41.1 Å². The molecule has 1 saturated heterocycles. The average Bonchev–Trinajstić information content (AvgIpc) is 2.89. The van der Waals surface area contributed by atoms with Crippen molar-refractivity contribution >= 4 is 11.0 Å². The topological polar surface area (TPSA) is 178 Å². The summed E-state index contributed by atoms with van der Waals surface area (Å²) in [5.41, 5.74) is -0.368. The van der Waals surface area contributed by atoms with Crippen LogP contribution in [0.25, 0.3) is 22.3 Å². The van der Waals surface area contributed by atoms with Crippen LogP contribution in [0.15, 0.2) is 39.5 Å². The van der Waals surface area contributed by atoms with Crippen LogP contribution in [0.4, 0.5) is 0 Å². The van der Waals surface area contributed by atoms with Gasteiger partial charge in [0.15, 0.2) is 17.3 Å². The first-order chi connectivity index (χ1) is 17.2. The van der Waals surface area contributed by atoms with E-state index in [1.54, 1.807) is 0 Å². The van der Waals surface area contributed by atoms with Gasteiger partial charge in [0.2, 0.25) is 23.2 Å². The number of aliphatic hydroxyl groups is 4. The summed E-state index contributed by atoms with van der Waals surface area (Å²) in [6.07, 6.45) is -8.06. The van der Waals surface area contributed by atoms with Crippen LogP contribution in [0.1, 0.15) is 0 Å². The van der Waals surface area contributed by atoms with E-state index >= 15 is 0 Å². The smallest absolute Gasteiger partial charge is 0.239 e. The molecule has 12 heteroatoms. The summed E-state index contributed by atoms with van der Waals surface area (Å²) in [5.74, 6) is -0.218. The van der Waals surface area contributed by atoms with Crippen molar-refractivity contribution in [3.63, 3.8) is 0 Å². The van der Waals surface area contributed by atoms with E-state index in [0.29, 0.717) is 5.56 Å². The second-order valence-electron chi connectivity index (χ2n) is 7.97. The minimum absolute atomic E-state index is 0.00323. The normalized spacial score (nSPS) is 23.9. The maximum atomic E-state index is 13.8.